The number of para-hydroxylation sites is 1. The van der Waals surface area contributed by atoms with Crippen molar-refractivity contribution in [3.8, 4) is 0 Å². The van der Waals surface area contributed by atoms with Gasteiger partial charge in [0, 0.05) is 6.54 Å². The van der Waals surface area contributed by atoms with Crippen molar-refractivity contribution in [1.29, 1.82) is 0 Å². The van der Waals surface area contributed by atoms with Gasteiger partial charge >= 0.3 is 17.1 Å². The molecule has 2 N–H and O–H groups in total. The molecule has 6 heteroatoms. The van der Waals surface area contributed by atoms with E-state index >= 15 is 0 Å². The van der Waals surface area contributed by atoms with Crippen LogP contribution in [-0.4, -0.2) is 20.6 Å². The van der Waals surface area contributed by atoms with Gasteiger partial charge in [-0.05, 0) is 24.5 Å². The smallest absolute Gasteiger partial charge is 0.337 e. The van der Waals surface area contributed by atoms with Crippen molar-refractivity contribution in [2.24, 2.45) is 5.92 Å². The Morgan fingerprint density at radius 1 is 1.33 bits per heavy atom. The van der Waals surface area contributed by atoms with Gasteiger partial charge in [-0.2, -0.15) is 0 Å². The van der Waals surface area contributed by atoms with E-state index in [1.807, 2.05) is 0 Å². The second-order valence-electron chi connectivity index (χ2n) is 5.50. The van der Waals surface area contributed by atoms with E-state index in [0.29, 0.717) is 18.0 Å². The summed E-state index contributed by atoms with van der Waals surface area (Å²) in [5.74, 6) is -0.519. The third-order valence-electron chi connectivity index (χ3n) is 4.23. The first-order valence-corrected chi connectivity index (χ1v) is 7.07. The molecule has 1 heterocycles. The van der Waals surface area contributed by atoms with Crippen molar-refractivity contribution in [2.45, 2.75) is 32.2 Å². The SMILES string of the molecule is O=C(O)c1cccc2c1[nH]c(=O)c(=O)n2CCC1CCC1. The minimum Gasteiger partial charge on any atom is -0.478 e. The zero-order chi connectivity index (χ0) is 15.0. The van der Waals surface area contributed by atoms with Crippen LogP contribution in [0.25, 0.3) is 11.0 Å². The number of carboxylic acids is 1. The van der Waals surface area contributed by atoms with Gasteiger partial charge in [0.1, 0.15) is 0 Å². The molecule has 0 bridgehead atoms. The van der Waals surface area contributed by atoms with E-state index in [1.165, 1.54) is 17.1 Å². The van der Waals surface area contributed by atoms with Crippen LogP contribution in [0.1, 0.15) is 36.0 Å². The number of aryl methyl sites for hydroxylation is 1. The van der Waals surface area contributed by atoms with Crippen LogP contribution in [0.3, 0.4) is 0 Å². The largest absolute Gasteiger partial charge is 0.478 e. The predicted octanol–water partition coefficient (Wildman–Crippen LogP) is 1.58. The maximum absolute atomic E-state index is 12.1. The molecular weight excluding hydrogens is 272 g/mol. The summed E-state index contributed by atoms with van der Waals surface area (Å²) in [5, 5.41) is 9.19. The number of fused-ring (bicyclic) bond motifs is 1. The summed E-state index contributed by atoms with van der Waals surface area (Å²) in [6, 6.07) is 4.67. The molecule has 2 aromatic rings. The van der Waals surface area contributed by atoms with Gasteiger partial charge < -0.3 is 14.7 Å². The van der Waals surface area contributed by atoms with E-state index in [1.54, 1.807) is 12.1 Å². The highest BCUT2D eigenvalue weighted by atomic mass is 16.4. The molecule has 21 heavy (non-hydrogen) atoms. The number of carboxylic acid groups (broad SMARTS) is 1. The Morgan fingerprint density at radius 3 is 2.71 bits per heavy atom. The molecule has 110 valence electrons. The maximum atomic E-state index is 12.1. The summed E-state index contributed by atoms with van der Waals surface area (Å²) in [5.41, 5.74) is -0.710. The fourth-order valence-electron chi connectivity index (χ4n) is 2.79. The maximum Gasteiger partial charge on any atom is 0.337 e. The van der Waals surface area contributed by atoms with Crippen LogP contribution < -0.4 is 11.1 Å². The molecule has 0 radical (unpaired) electrons. The zero-order valence-corrected chi connectivity index (χ0v) is 11.5. The van der Waals surface area contributed by atoms with Crippen LogP contribution in [0.4, 0.5) is 0 Å². The van der Waals surface area contributed by atoms with Crippen LogP contribution in [0.15, 0.2) is 27.8 Å². The Morgan fingerprint density at radius 2 is 2.10 bits per heavy atom. The highest BCUT2D eigenvalue weighted by molar-refractivity contribution is 6.00. The number of hydrogen-bond donors (Lipinski definition) is 2. The first kappa shape index (κ1) is 13.6. The molecule has 1 fully saturated rings. The lowest BCUT2D eigenvalue weighted by molar-refractivity contribution is 0.0699. The van der Waals surface area contributed by atoms with Gasteiger partial charge in [-0.3, -0.25) is 9.59 Å². The average Bonchev–Trinajstić information content (AvgIpc) is 2.40. The zero-order valence-electron chi connectivity index (χ0n) is 11.5. The molecule has 1 aliphatic rings. The fourth-order valence-corrected chi connectivity index (χ4v) is 2.79. The molecule has 0 spiro atoms. The molecule has 0 unspecified atom stereocenters. The summed E-state index contributed by atoms with van der Waals surface area (Å²) >= 11 is 0. The summed E-state index contributed by atoms with van der Waals surface area (Å²) in [4.78, 5) is 37.5. The Bertz CT molecular complexity index is 815. The van der Waals surface area contributed by atoms with Gasteiger partial charge in [0.2, 0.25) is 0 Å². The number of rotatable bonds is 4. The van der Waals surface area contributed by atoms with Gasteiger partial charge in [-0.15, -0.1) is 0 Å². The summed E-state index contributed by atoms with van der Waals surface area (Å²) in [7, 11) is 0. The monoisotopic (exact) mass is 288 g/mol. The predicted molar refractivity (Wildman–Crippen MR) is 77.7 cm³/mol. The van der Waals surface area contributed by atoms with E-state index in [4.69, 9.17) is 0 Å². The van der Waals surface area contributed by atoms with Crippen LogP contribution in [-0.2, 0) is 6.54 Å². The van der Waals surface area contributed by atoms with Crippen LogP contribution >= 0.6 is 0 Å². The van der Waals surface area contributed by atoms with Crippen LogP contribution in [0.5, 0.6) is 0 Å². The first-order valence-electron chi connectivity index (χ1n) is 7.07. The Kier molecular flexibility index (Phi) is 3.37. The molecule has 1 aromatic heterocycles. The quantitative estimate of drug-likeness (QED) is 0.835. The highest BCUT2D eigenvalue weighted by Crippen LogP contribution is 2.29. The Balaban J connectivity index is 2.14. The van der Waals surface area contributed by atoms with E-state index < -0.39 is 17.1 Å². The molecule has 0 amide bonds. The minimum absolute atomic E-state index is 0.00185. The van der Waals surface area contributed by atoms with Crippen molar-refractivity contribution >= 4 is 17.0 Å². The van der Waals surface area contributed by atoms with Gasteiger partial charge in [-0.1, -0.05) is 25.3 Å². The molecule has 0 atom stereocenters. The van der Waals surface area contributed by atoms with Crippen molar-refractivity contribution < 1.29 is 9.90 Å². The van der Waals surface area contributed by atoms with Gasteiger partial charge in [0.15, 0.2) is 0 Å². The normalized spacial score (nSPS) is 15.0. The molecule has 0 saturated heterocycles. The van der Waals surface area contributed by atoms with Crippen molar-refractivity contribution in [3.63, 3.8) is 0 Å². The van der Waals surface area contributed by atoms with Crippen LogP contribution in [0.2, 0.25) is 0 Å². The number of carbonyl (C=O) groups is 1. The number of aromatic nitrogens is 2. The summed E-state index contributed by atoms with van der Waals surface area (Å²) < 4.78 is 1.40. The molecule has 1 saturated carbocycles. The lowest BCUT2D eigenvalue weighted by Gasteiger charge is -2.25. The highest BCUT2D eigenvalue weighted by Gasteiger charge is 2.19. The Labute approximate surface area is 120 Å². The number of benzene rings is 1. The average molecular weight is 288 g/mol. The number of H-pyrrole nitrogens is 1. The topological polar surface area (TPSA) is 92.2 Å². The van der Waals surface area contributed by atoms with Crippen molar-refractivity contribution in [2.75, 3.05) is 0 Å². The number of aromatic carboxylic acids is 1. The van der Waals surface area contributed by atoms with Crippen LogP contribution in [0, 0.1) is 5.92 Å². The van der Waals surface area contributed by atoms with E-state index in [-0.39, 0.29) is 11.1 Å². The molecule has 1 aromatic carbocycles. The second kappa shape index (κ2) is 5.20. The Hall–Kier alpha value is -2.37. The molecular formula is C15H16N2O4. The molecule has 0 aliphatic heterocycles. The summed E-state index contributed by atoms with van der Waals surface area (Å²) in [6.45, 7) is 0.451. The molecule has 1 aliphatic carbocycles. The standard InChI is InChI=1S/C15H16N2O4/c18-13-14(19)17(8-7-9-3-1-4-9)11-6-2-5-10(15(20)21)12(11)16-13/h2,5-6,9H,1,3-4,7-8H2,(H,16,18)(H,20,21). The fraction of sp³-hybridized carbons (Fsp3) is 0.400. The first-order chi connectivity index (χ1) is 10.1. The van der Waals surface area contributed by atoms with Crippen molar-refractivity contribution in [1.82, 2.24) is 9.55 Å². The van der Waals surface area contributed by atoms with Gasteiger partial charge in [0.05, 0.1) is 16.6 Å². The molecule has 3 rings (SSSR count). The van der Waals surface area contributed by atoms with E-state index in [0.717, 1.165) is 19.3 Å². The third kappa shape index (κ3) is 2.37. The number of aromatic amines is 1. The number of nitrogens with one attached hydrogen (secondary N) is 1. The third-order valence-corrected chi connectivity index (χ3v) is 4.23. The van der Waals surface area contributed by atoms with E-state index in [2.05, 4.69) is 4.98 Å². The van der Waals surface area contributed by atoms with E-state index in [9.17, 15) is 19.5 Å². The lowest BCUT2D eigenvalue weighted by Crippen LogP contribution is -2.37. The van der Waals surface area contributed by atoms with Gasteiger partial charge in [0.25, 0.3) is 0 Å². The second-order valence-corrected chi connectivity index (χ2v) is 5.50. The van der Waals surface area contributed by atoms with Gasteiger partial charge in [-0.25, -0.2) is 4.79 Å². The lowest BCUT2D eigenvalue weighted by atomic mass is 9.83. The number of nitrogens with zero attached hydrogens (tertiary/aromatic N) is 1. The molecule has 6 nitrogen and oxygen atoms in total. The summed E-state index contributed by atoms with van der Waals surface area (Å²) in [6.07, 6.45) is 4.39. The minimum atomic E-state index is -1.12. The van der Waals surface area contributed by atoms with Crippen molar-refractivity contribution in [3.05, 3.63) is 44.5 Å². The number of hydrogen-bond acceptors (Lipinski definition) is 3.